The second-order valence-electron chi connectivity index (χ2n) is 10.2. The van der Waals surface area contributed by atoms with E-state index in [1.807, 2.05) is 29.2 Å². The van der Waals surface area contributed by atoms with Crippen molar-refractivity contribution in [2.75, 3.05) is 39.0 Å². The highest BCUT2D eigenvalue weighted by atomic mass is 35.5. The second-order valence-corrected chi connectivity index (χ2v) is 12.7. The first-order valence-corrected chi connectivity index (χ1v) is 15.4. The summed E-state index contributed by atoms with van der Waals surface area (Å²) in [4.78, 5) is 30.1. The minimum Gasteiger partial charge on any atom is -0.450 e. The van der Waals surface area contributed by atoms with Crippen molar-refractivity contribution in [3.63, 3.8) is 0 Å². The van der Waals surface area contributed by atoms with Gasteiger partial charge in [0.05, 0.1) is 23.0 Å². The summed E-state index contributed by atoms with van der Waals surface area (Å²) in [6.45, 7) is 5.68. The monoisotopic (exact) mass is 597 g/mol. The lowest BCUT2D eigenvalue weighted by Crippen LogP contribution is -2.45. The molecule has 2 amide bonds. The van der Waals surface area contributed by atoms with Crippen LogP contribution in [-0.2, 0) is 25.9 Å². The zero-order valence-corrected chi connectivity index (χ0v) is 24.8. The Kier molecular flexibility index (Phi) is 10.7. The van der Waals surface area contributed by atoms with E-state index in [4.69, 9.17) is 16.3 Å². The summed E-state index contributed by atoms with van der Waals surface area (Å²) in [7, 11) is -3.24. The van der Waals surface area contributed by atoms with E-state index in [0.717, 1.165) is 50.0 Å². The number of halogens is 2. The normalized spacial score (nSPS) is 18.0. The lowest BCUT2D eigenvalue weighted by atomic mass is 9.77. The lowest BCUT2D eigenvalue weighted by Gasteiger charge is -2.38. The van der Waals surface area contributed by atoms with Gasteiger partial charge < -0.3 is 19.9 Å². The number of rotatable bonds is 9. The van der Waals surface area contributed by atoms with Crippen LogP contribution in [0.15, 0.2) is 53.4 Å². The van der Waals surface area contributed by atoms with Gasteiger partial charge in [-0.1, -0.05) is 41.9 Å². The van der Waals surface area contributed by atoms with E-state index < -0.39 is 15.9 Å². The number of carbonyl (C=O) groups excluding carboxylic acids is 2. The number of amides is 2. The van der Waals surface area contributed by atoms with Gasteiger partial charge in [-0.2, -0.15) is 0 Å². The molecule has 1 atom stereocenters. The first-order valence-electron chi connectivity index (χ1n) is 13.1. The maximum atomic E-state index is 13.4. The highest BCUT2D eigenvalue weighted by molar-refractivity contribution is 7.90. The number of nitrogens with zero attached hydrogens (tertiary/aromatic N) is 2. The molecule has 2 aromatic rings. The number of likely N-dealkylation sites (tertiary alicyclic amines) is 2. The fourth-order valence-electron chi connectivity index (χ4n) is 5.46. The molecule has 2 aliphatic heterocycles. The summed E-state index contributed by atoms with van der Waals surface area (Å²) in [5.41, 5.74) is 1.47. The molecule has 2 heterocycles. The summed E-state index contributed by atoms with van der Waals surface area (Å²) in [5, 5.41) is 3.55. The van der Waals surface area contributed by atoms with E-state index in [1.54, 1.807) is 31.2 Å². The number of hydrogen-bond acceptors (Lipinski definition) is 6. The summed E-state index contributed by atoms with van der Waals surface area (Å²) in [6.07, 6.45) is 3.86. The van der Waals surface area contributed by atoms with Gasteiger partial charge >= 0.3 is 6.09 Å². The zero-order valence-electron chi connectivity index (χ0n) is 22.4. The van der Waals surface area contributed by atoms with Gasteiger partial charge in [0.1, 0.15) is 0 Å². The molecule has 1 N–H and O–H groups in total. The van der Waals surface area contributed by atoms with Crippen molar-refractivity contribution in [3.8, 4) is 0 Å². The molecule has 0 aromatic heterocycles. The minimum absolute atomic E-state index is 0. The van der Waals surface area contributed by atoms with Gasteiger partial charge in [-0.25, -0.2) is 13.2 Å². The Balaban J connectivity index is 0.00000420. The van der Waals surface area contributed by atoms with Crippen LogP contribution in [0.2, 0.25) is 5.02 Å². The quantitative estimate of drug-likeness (QED) is 0.443. The van der Waals surface area contributed by atoms with Crippen molar-refractivity contribution in [2.45, 2.75) is 50.1 Å². The molecule has 11 heteroatoms. The second kappa shape index (κ2) is 13.4. The number of nitrogens with one attached hydrogen (secondary N) is 1. The van der Waals surface area contributed by atoms with E-state index >= 15 is 0 Å². The van der Waals surface area contributed by atoms with Crippen LogP contribution in [0.5, 0.6) is 0 Å². The smallest absolute Gasteiger partial charge is 0.407 e. The third-order valence-corrected chi connectivity index (χ3v) is 9.19. The highest BCUT2D eigenvalue weighted by Crippen LogP contribution is 2.42. The Bertz CT molecular complexity index is 1250. The predicted molar refractivity (Wildman–Crippen MR) is 154 cm³/mol. The molecule has 0 radical (unpaired) electrons. The van der Waals surface area contributed by atoms with Gasteiger partial charge in [-0.05, 0) is 75.0 Å². The maximum absolute atomic E-state index is 13.4. The number of sulfone groups is 1. The van der Waals surface area contributed by atoms with Crippen LogP contribution in [0.25, 0.3) is 0 Å². The molecule has 1 spiro atoms. The van der Waals surface area contributed by atoms with Gasteiger partial charge in [0.2, 0.25) is 5.91 Å². The largest absolute Gasteiger partial charge is 0.450 e. The van der Waals surface area contributed by atoms with Crippen LogP contribution in [0.1, 0.15) is 49.8 Å². The fraction of sp³-hybridized carbons (Fsp3) is 0.500. The highest BCUT2D eigenvalue weighted by Gasteiger charge is 2.47. The third-order valence-electron chi connectivity index (χ3n) is 7.72. The van der Waals surface area contributed by atoms with Crippen molar-refractivity contribution < 1.29 is 22.7 Å². The molecule has 8 nitrogen and oxygen atoms in total. The summed E-state index contributed by atoms with van der Waals surface area (Å²) in [6, 6.07) is 14.0. The topological polar surface area (TPSA) is 96.0 Å². The Morgan fingerprint density at radius 1 is 1.08 bits per heavy atom. The van der Waals surface area contributed by atoms with Crippen molar-refractivity contribution >= 4 is 45.8 Å². The SMILES string of the molecule is CCOC(=O)NC(CCN1CCC2(CC1)CCN(Cc1ccc(S(C)(=O)=O)cc1)C2=O)c1ccccc1Cl.Cl. The maximum Gasteiger partial charge on any atom is 0.407 e. The van der Waals surface area contributed by atoms with Crippen LogP contribution < -0.4 is 5.32 Å². The Morgan fingerprint density at radius 2 is 1.72 bits per heavy atom. The summed E-state index contributed by atoms with van der Waals surface area (Å²) in [5.74, 6) is 0.197. The summed E-state index contributed by atoms with van der Waals surface area (Å²) >= 11 is 6.42. The van der Waals surface area contributed by atoms with Crippen LogP contribution in [-0.4, -0.2) is 69.3 Å². The minimum atomic E-state index is -3.24. The molecule has 0 bridgehead atoms. The molecule has 2 aromatic carbocycles. The first-order chi connectivity index (χ1) is 18.1. The molecule has 2 aliphatic rings. The molecular formula is C28H37Cl2N3O5S. The van der Waals surface area contributed by atoms with E-state index in [0.29, 0.717) is 31.1 Å². The third kappa shape index (κ3) is 7.66. The van der Waals surface area contributed by atoms with E-state index in [9.17, 15) is 18.0 Å². The fourth-order valence-corrected chi connectivity index (χ4v) is 6.36. The van der Waals surface area contributed by atoms with Crippen molar-refractivity contribution in [3.05, 3.63) is 64.7 Å². The number of piperidine rings is 1. The molecule has 2 fully saturated rings. The Hall–Kier alpha value is -2.33. The predicted octanol–water partition coefficient (Wildman–Crippen LogP) is 4.86. The van der Waals surface area contributed by atoms with E-state index in [2.05, 4.69) is 10.2 Å². The molecule has 1 unspecified atom stereocenters. The van der Waals surface area contributed by atoms with Crippen molar-refractivity contribution in [2.24, 2.45) is 5.41 Å². The average molecular weight is 599 g/mol. The standard InChI is InChI=1S/C28H36ClN3O5S.ClH/c1-3-37-27(34)30-25(23-6-4-5-7-24(23)29)12-16-31-17-13-28(14-18-31)15-19-32(26(28)33)20-21-8-10-22(11-9-21)38(2,35)36;/h4-11,25H,3,12-20H2,1-2H3,(H,30,34);1H. The summed E-state index contributed by atoms with van der Waals surface area (Å²) < 4.78 is 28.5. The zero-order chi connectivity index (χ0) is 27.3. The number of benzene rings is 2. The van der Waals surface area contributed by atoms with E-state index in [1.165, 1.54) is 6.26 Å². The van der Waals surface area contributed by atoms with Gasteiger partial charge in [-0.3, -0.25) is 4.79 Å². The molecular weight excluding hydrogens is 561 g/mol. The van der Waals surface area contributed by atoms with Gasteiger partial charge in [-0.15, -0.1) is 12.4 Å². The Morgan fingerprint density at radius 3 is 2.33 bits per heavy atom. The van der Waals surface area contributed by atoms with Gasteiger partial charge in [0.15, 0.2) is 9.84 Å². The van der Waals surface area contributed by atoms with Crippen LogP contribution in [0.3, 0.4) is 0 Å². The molecule has 214 valence electrons. The molecule has 0 saturated carbocycles. The molecule has 4 rings (SSSR count). The van der Waals surface area contributed by atoms with Gasteiger partial charge in [0.25, 0.3) is 0 Å². The first kappa shape index (κ1) is 31.2. The molecule has 39 heavy (non-hydrogen) atoms. The lowest BCUT2D eigenvalue weighted by molar-refractivity contribution is -0.138. The van der Waals surface area contributed by atoms with Gasteiger partial charge in [0, 0.05) is 30.9 Å². The Labute approximate surface area is 242 Å². The molecule has 2 saturated heterocycles. The van der Waals surface area contributed by atoms with E-state index in [-0.39, 0.29) is 34.7 Å². The van der Waals surface area contributed by atoms with Crippen LogP contribution >= 0.6 is 24.0 Å². The number of ether oxygens (including phenoxy) is 1. The van der Waals surface area contributed by atoms with Crippen molar-refractivity contribution in [1.82, 2.24) is 15.1 Å². The van der Waals surface area contributed by atoms with Crippen molar-refractivity contribution in [1.29, 1.82) is 0 Å². The van der Waals surface area contributed by atoms with Crippen LogP contribution in [0.4, 0.5) is 4.79 Å². The van der Waals surface area contributed by atoms with Crippen LogP contribution in [0, 0.1) is 5.41 Å². The molecule has 0 aliphatic carbocycles. The number of alkyl carbamates (subject to hydrolysis) is 1. The average Bonchev–Trinajstić information content (AvgIpc) is 3.17. The number of hydrogen-bond donors (Lipinski definition) is 1. The number of carbonyl (C=O) groups is 2.